The zero-order valence-electron chi connectivity index (χ0n) is 13.0. The molecule has 0 rings (SSSR count). The minimum Gasteiger partial charge on any atom is -0.387 e. The highest BCUT2D eigenvalue weighted by molar-refractivity contribution is 5.56. The number of aliphatic hydroxyl groups is 5. The Morgan fingerprint density at radius 2 is 1.39 bits per heavy atom. The van der Waals surface area contributed by atoms with E-state index in [2.05, 4.69) is 0 Å². The number of carbonyl (C=O) groups excluding carboxylic acids is 1. The molecule has 0 aliphatic carbocycles. The van der Waals surface area contributed by atoms with Gasteiger partial charge in [-0.15, -0.1) is 0 Å². The van der Waals surface area contributed by atoms with Crippen molar-refractivity contribution in [3.8, 4) is 0 Å². The van der Waals surface area contributed by atoms with Gasteiger partial charge in [0.1, 0.15) is 24.4 Å². The lowest BCUT2D eigenvalue weighted by atomic mass is 9.73. The summed E-state index contributed by atoms with van der Waals surface area (Å²) >= 11 is 0. The van der Waals surface area contributed by atoms with E-state index in [0.717, 1.165) is 0 Å². The summed E-state index contributed by atoms with van der Waals surface area (Å²) in [6.45, 7) is 4.95. The van der Waals surface area contributed by atoms with E-state index in [4.69, 9.17) is 7.85 Å². The van der Waals surface area contributed by atoms with Crippen LogP contribution in [0, 0.1) is 11.8 Å². The fourth-order valence-electron chi connectivity index (χ4n) is 1.81. The molecule has 0 bridgehead atoms. The summed E-state index contributed by atoms with van der Waals surface area (Å²) in [4.78, 5) is 10.4. The molecular weight excluding hydrogens is 240 g/mol. The molecule has 0 amide bonds. The zero-order chi connectivity index (χ0) is 16.5. The predicted octanol–water partition coefficient (Wildman–Crippen LogP) is -1.33. The lowest BCUT2D eigenvalue weighted by molar-refractivity contribution is -0.198. The second-order valence-corrected chi connectivity index (χ2v) is 4.82. The van der Waals surface area contributed by atoms with Gasteiger partial charge in [-0.05, 0) is 11.8 Å². The Morgan fingerprint density at radius 1 is 1.00 bits per heavy atom. The zero-order valence-corrected chi connectivity index (χ0v) is 11.0. The molecule has 6 nitrogen and oxygen atoms in total. The van der Waals surface area contributed by atoms with Crippen molar-refractivity contribution in [3.63, 3.8) is 0 Å². The molecule has 0 spiro atoms. The summed E-state index contributed by atoms with van der Waals surface area (Å²) in [5.41, 5.74) is -2.43. The molecule has 108 valence electrons. The smallest absolute Gasteiger partial charge is 0.151 e. The molecule has 0 aliphatic heterocycles. The normalized spacial score (nSPS) is 22.5. The van der Waals surface area contributed by atoms with Crippen LogP contribution in [0.25, 0.3) is 0 Å². The molecule has 0 saturated heterocycles. The van der Waals surface area contributed by atoms with Gasteiger partial charge in [0.05, 0.1) is 5.60 Å². The van der Waals surface area contributed by atoms with Crippen LogP contribution >= 0.6 is 0 Å². The largest absolute Gasteiger partial charge is 0.387 e. The third-order valence-corrected chi connectivity index (χ3v) is 3.12. The highest BCUT2D eigenvalue weighted by Gasteiger charge is 2.47. The lowest BCUT2D eigenvalue weighted by Crippen LogP contribution is -2.60. The Labute approximate surface area is 110 Å². The Balaban J connectivity index is 5.59. The van der Waals surface area contributed by atoms with E-state index in [0.29, 0.717) is 0 Å². The first-order valence-electron chi connectivity index (χ1n) is 6.61. The molecule has 0 aromatic carbocycles. The number of hydrogen-bond acceptors (Lipinski definition) is 6. The van der Waals surface area contributed by atoms with Crippen LogP contribution in [-0.4, -0.2) is 61.8 Å². The molecular formula is C12H24O6. The highest BCUT2D eigenvalue weighted by atomic mass is 16.4. The molecule has 5 N–H and O–H groups in total. The van der Waals surface area contributed by atoms with Crippen molar-refractivity contribution >= 4 is 6.29 Å². The first kappa shape index (κ1) is 13.9. The predicted molar refractivity (Wildman–Crippen MR) is 64.7 cm³/mol. The van der Waals surface area contributed by atoms with E-state index in [-0.39, 0.29) is 6.29 Å². The number of aldehydes is 1. The number of aliphatic hydroxyl groups excluding tert-OH is 4. The molecule has 6 heteroatoms. The molecule has 4 atom stereocenters. The van der Waals surface area contributed by atoms with E-state index in [9.17, 15) is 25.2 Å². The van der Waals surface area contributed by atoms with Gasteiger partial charge < -0.3 is 30.3 Å². The van der Waals surface area contributed by atoms with Crippen LogP contribution in [0.15, 0.2) is 0 Å². The maximum atomic E-state index is 10.6. The van der Waals surface area contributed by atoms with Crippen molar-refractivity contribution in [2.45, 2.75) is 57.7 Å². The fraction of sp³-hybridized carbons (Fsp3) is 0.917. The van der Waals surface area contributed by atoms with E-state index in [1.165, 1.54) is 27.7 Å². The quantitative estimate of drug-likeness (QED) is 0.364. The number of hydrogen-bond donors (Lipinski definition) is 5. The summed E-state index contributed by atoms with van der Waals surface area (Å²) in [6, 6.07) is 0. The number of carbonyl (C=O) groups is 1. The van der Waals surface area contributed by atoms with Crippen LogP contribution in [0.1, 0.15) is 30.4 Å². The standard InChI is InChI=1S/C12H24O6/c1-6(2)12(18,7(3)4)11(17)10(16)9(15)8(14)5-13/h5-11,14-18H,1-4H3/t8-,9+,10+,11-/m0/s1/i6D,7D. The number of rotatable bonds is 7. The van der Waals surface area contributed by atoms with Crippen LogP contribution in [0.5, 0.6) is 0 Å². The summed E-state index contributed by atoms with van der Waals surface area (Å²) in [6.07, 6.45) is -8.25. The maximum Gasteiger partial charge on any atom is 0.151 e. The summed E-state index contributed by atoms with van der Waals surface area (Å²) in [7, 11) is 0. The van der Waals surface area contributed by atoms with Crippen LogP contribution in [0.4, 0.5) is 0 Å². The average molecular weight is 266 g/mol. The Kier molecular flexibility index (Phi) is 5.08. The second-order valence-electron chi connectivity index (χ2n) is 4.82. The summed E-state index contributed by atoms with van der Waals surface area (Å²) in [5, 5.41) is 49.1. The van der Waals surface area contributed by atoms with Crippen molar-refractivity contribution in [1.29, 1.82) is 0 Å². The molecule has 0 aromatic heterocycles. The van der Waals surface area contributed by atoms with Crippen molar-refractivity contribution in [2.24, 2.45) is 11.8 Å². The molecule has 18 heavy (non-hydrogen) atoms. The summed E-state index contributed by atoms with van der Waals surface area (Å²) < 4.78 is 15.8. The Hall–Kier alpha value is -0.530. The Bertz CT molecular complexity index is 322. The molecule has 0 aliphatic rings. The van der Waals surface area contributed by atoms with Gasteiger partial charge in [0.2, 0.25) is 0 Å². The molecule has 0 fully saturated rings. The Morgan fingerprint density at radius 3 is 1.67 bits per heavy atom. The van der Waals surface area contributed by atoms with Crippen LogP contribution in [0.2, 0.25) is 0 Å². The third-order valence-electron chi connectivity index (χ3n) is 3.12. The minimum atomic E-state index is -2.43. The first-order chi connectivity index (χ1) is 8.71. The van der Waals surface area contributed by atoms with Crippen molar-refractivity contribution < 1.29 is 33.1 Å². The fourth-order valence-corrected chi connectivity index (χ4v) is 1.81. The first-order valence-corrected chi connectivity index (χ1v) is 5.61. The van der Waals surface area contributed by atoms with Crippen LogP contribution in [-0.2, 0) is 4.79 Å². The van der Waals surface area contributed by atoms with E-state index in [1.807, 2.05) is 0 Å². The van der Waals surface area contributed by atoms with Crippen molar-refractivity contribution in [2.75, 3.05) is 0 Å². The van der Waals surface area contributed by atoms with Crippen LogP contribution < -0.4 is 0 Å². The van der Waals surface area contributed by atoms with Gasteiger partial charge in [-0.25, -0.2) is 0 Å². The van der Waals surface area contributed by atoms with E-state index < -0.39 is 41.8 Å². The molecule has 0 heterocycles. The lowest BCUT2D eigenvalue weighted by Gasteiger charge is -2.43. The molecule has 0 radical (unpaired) electrons. The van der Waals surface area contributed by atoms with E-state index >= 15 is 0 Å². The maximum absolute atomic E-state index is 10.6. The van der Waals surface area contributed by atoms with Crippen LogP contribution in [0.3, 0.4) is 0 Å². The van der Waals surface area contributed by atoms with Gasteiger partial charge in [0.25, 0.3) is 0 Å². The highest BCUT2D eigenvalue weighted by Crippen LogP contribution is 2.32. The van der Waals surface area contributed by atoms with Gasteiger partial charge in [-0.3, -0.25) is 0 Å². The van der Waals surface area contributed by atoms with Gasteiger partial charge in [0, 0.05) is 2.74 Å². The van der Waals surface area contributed by atoms with Gasteiger partial charge in [-0.1, -0.05) is 27.7 Å². The molecule has 0 saturated carbocycles. The third kappa shape index (κ3) is 3.27. The SMILES string of the molecule is [2H]C(C)(C)C(O)([C@@H](O)[C@H](O)[C@H](O)[C@@H](O)C=O)C([2H])(C)C. The minimum absolute atomic E-state index is 0.0304. The average Bonchev–Trinajstić information content (AvgIpc) is 2.31. The van der Waals surface area contributed by atoms with E-state index in [1.54, 1.807) is 0 Å². The molecule has 0 aromatic rings. The monoisotopic (exact) mass is 266 g/mol. The van der Waals surface area contributed by atoms with Gasteiger partial charge >= 0.3 is 0 Å². The van der Waals surface area contributed by atoms with Crippen molar-refractivity contribution in [3.05, 3.63) is 0 Å². The van der Waals surface area contributed by atoms with Gasteiger partial charge in [0.15, 0.2) is 6.29 Å². The summed E-state index contributed by atoms with van der Waals surface area (Å²) in [5.74, 6) is -3.52. The van der Waals surface area contributed by atoms with Crippen molar-refractivity contribution in [1.82, 2.24) is 0 Å². The van der Waals surface area contributed by atoms with Gasteiger partial charge in [-0.2, -0.15) is 0 Å². The molecule has 0 unspecified atom stereocenters. The second kappa shape index (κ2) is 6.58. The topological polar surface area (TPSA) is 118 Å².